The van der Waals surface area contributed by atoms with Crippen molar-refractivity contribution in [2.24, 2.45) is 0 Å². The summed E-state index contributed by atoms with van der Waals surface area (Å²) in [6.07, 6.45) is -5.82. The van der Waals surface area contributed by atoms with Gasteiger partial charge in [0.05, 0.1) is 17.0 Å². The summed E-state index contributed by atoms with van der Waals surface area (Å²) >= 11 is 0. The van der Waals surface area contributed by atoms with E-state index in [0.717, 1.165) is 17.0 Å². The quantitative estimate of drug-likeness (QED) is 0.808. The van der Waals surface area contributed by atoms with Crippen molar-refractivity contribution in [3.63, 3.8) is 0 Å². The van der Waals surface area contributed by atoms with E-state index in [4.69, 9.17) is 5.11 Å². The van der Waals surface area contributed by atoms with E-state index in [1.54, 1.807) is 0 Å². The van der Waals surface area contributed by atoms with Crippen LogP contribution in [0, 0.1) is 17.1 Å². The summed E-state index contributed by atoms with van der Waals surface area (Å²) in [7, 11) is 0. The monoisotopic (exact) mass is 316 g/mol. The fourth-order valence-electron chi connectivity index (χ4n) is 2.57. The van der Waals surface area contributed by atoms with E-state index in [-0.39, 0.29) is 31.5 Å². The molecule has 1 aliphatic heterocycles. The molecule has 0 spiro atoms. The van der Waals surface area contributed by atoms with E-state index < -0.39 is 29.1 Å². The summed E-state index contributed by atoms with van der Waals surface area (Å²) in [5.74, 6) is -1.07. The predicted octanol–water partition coefficient (Wildman–Crippen LogP) is 3.38. The van der Waals surface area contributed by atoms with E-state index in [0.29, 0.717) is 6.07 Å². The molecule has 8 heteroatoms. The van der Waals surface area contributed by atoms with Gasteiger partial charge in [0.2, 0.25) is 0 Å². The largest absolute Gasteiger partial charge is 0.465 e. The highest BCUT2D eigenvalue weighted by Gasteiger charge is 2.40. The van der Waals surface area contributed by atoms with E-state index in [9.17, 15) is 27.6 Å². The van der Waals surface area contributed by atoms with Crippen LogP contribution in [0.2, 0.25) is 0 Å². The van der Waals surface area contributed by atoms with Crippen molar-refractivity contribution in [3.05, 3.63) is 35.1 Å². The summed E-state index contributed by atoms with van der Waals surface area (Å²) in [5, 5.41) is 18.3. The van der Waals surface area contributed by atoms with Crippen molar-refractivity contribution in [1.29, 1.82) is 5.26 Å². The van der Waals surface area contributed by atoms with Crippen molar-refractivity contribution in [2.75, 3.05) is 13.1 Å². The van der Waals surface area contributed by atoms with Gasteiger partial charge >= 0.3 is 12.3 Å². The number of rotatable bonds is 1. The highest BCUT2D eigenvalue weighted by atomic mass is 19.4. The molecule has 0 atom stereocenters. The van der Waals surface area contributed by atoms with Gasteiger partial charge < -0.3 is 10.0 Å². The molecule has 0 unspecified atom stereocenters. The molecule has 1 amide bonds. The molecule has 1 aromatic rings. The Balaban J connectivity index is 2.39. The van der Waals surface area contributed by atoms with Crippen LogP contribution in [0.4, 0.5) is 22.4 Å². The second-order valence-electron chi connectivity index (χ2n) is 5.19. The zero-order valence-corrected chi connectivity index (χ0v) is 11.3. The van der Waals surface area contributed by atoms with Crippen LogP contribution in [-0.4, -0.2) is 29.2 Å². The fourth-order valence-corrected chi connectivity index (χ4v) is 2.57. The topological polar surface area (TPSA) is 64.3 Å². The summed E-state index contributed by atoms with van der Waals surface area (Å²) in [4.78, 5) is 11.9. The number of piperidine rings is 1. The Hall–Kier alpha value is -2.30. The van der Waals surface area contributed by atoms with Gasteiger partial charge in [-0.3, -0.25) is 0 Å². The minimum Gasteiger partial charge on any atom is -0.465 e. The highest BCUT2D eigenvalue weighted by Crippen LogP contribution is 2.38. The van der Waals surface area contributed by atoms with Gasteiger partial charge in [0, 0.05) is 13.1 Å². The van der Waals surface area contributed by atoms with Crippen molar-refractivity contribution in [2.45, 2.75) is 24.4 Å². The zero-order valence-electron chi connectivity index (χ0n) is 11.3. The fraction of sp³-hybridized carbons (Fsp3) is 0.429. The molecule has 1 aromatic carbocycles. The molecule has 2 rings (SSSR count). The van der Waals surface area contributed by atoms with Crippen LogP contribution in [0.15, 0.2) is 18.2 Å². The van der Waals surface area contributed by atoms with Gasteiger partial charge in [0.15, 0.2) is 0 Å². The Morgan fingerprint density at radius 3 is 2.32 bits per heavy atom. The number of carboxylic acid groups (broad SMARTS) is 1. The number of amides is 1. The van der Waals surface area contributed by atoms with E-state index in [2.05, 4.69) is 0 Å². The van der Waals surface area contributed by atoms with Crippen LogP contribution in [0.3, 0.4) is 0 Å². The van der Waals surface area contributed by atoms with Crippen LogP contribution < -0.4 is 0 Å². The number of nitrogens with zero attached hydrogens (tertiary/aromatic N) is 2. The molecule has 118 valence electrons. The van der Waals surface area contributed by atoms with Gasteiger partial charge in [-0.25, -0.2) is 9.18 Å². The second kappa shape index (κ2) is 5.48. The smallest absolute Gasteiger partial charge is 0.416 e. The SMILES string of the molecule is N#CC1(c2cc(F)cc(C(F)(F)F)c2)CCN(C(=O)O)CC1. The van der Waals surface area contributed by atoms with Crippen molar-refractivity contribution >= 4 is 6.09 Å². The van der Waals surface area contributed by atoms with Gasteiger partial charge in [-0.1, -0.05) is 0 Å². The average Bonchev–Trinajstić information content (AvgIpc) is 2.45. The molecule has 0 saturated carbocycles. The molecule has 0 aliphatic carbocycles. The van der Waals surface area contributed by atoms with E-state index >= 15 is 0 Å². The molecule has 1 aliphatic rings. The summed E-state index contributed by atoms with van der Waals surface area (Å²) < 4.78 is 51.8. The number of halogens is 4. The standard InChI is InChI=1S/C14H12F4N2O2/c15-11-6-9(5-10(7-11)14(16,17)18)13(8-19)1-3-20(4-2-13)12(21)22/h5-7H,1-4H2,(H,21,22). The molecule has 22 heavy (non-hydrogen) atoms. The molecular formula is C14H12F4N2O2. The Morgan fingerprint density at radius 2 is 1.86 bits per heavy atom. The first-order chi connectivity index (χ1) is 10.2. The maximum atomic E-state index is 13.5. The number of carbonyl (C=O) groups is 1. The third kappa shape index (κ3) is 2.98. The molecular weight excluding hydrogens is 304 g/mol. The van der Waals surface area contributed by atoms with Gasteiger partial charge in [-0.2, -0.15) is 18.4 Å². The summed E-state index contributed by atoms with van der Waals surface area (Å²) in [6, 6.07) is 4.00. The van der Waals surface area contributed by atoms with Crippen molar-refractivity contribution < 1.29 is 27.5 Å². The first kappa shape index (κ1) is 16.1. The molecule has 0 radical (unpaired) electrons. The molecule has 0 aromatic heterocycles. The van der Waals surface area contributed by atoms with Gasteiger partial charge in [0.25, 0.3) is 0 Å². The van der Waals surface area contributed by atoms with Crippen LogP contribution >= 0.6 is 0 Å². The lowest BCUT2D eigenvalue weighted by atomic mass is 9.73. The molecule has 4 nitrogen and oxygen atoms in total. The summed E-state index contributed by atoms with van der Waals surface area (Å²) in [5.41, 5.74) is -2.53. The van der Waals surface area contributed by atoms with Crippen molar-refractivity contribution in [3.8, 4) is 6.07 Å². The number of benzene rings is 1. The molecule has 0 bridgehead atoms. The van der Waals surface area contributed by atoms with Crippen molar-refractivity contribution in [1.82, 2.24) is 4.90 Å². The number of likely N-dealkylation sites (tertiary alicyclic amines) is 1. The van der Waals surface area contributed by atoms with Gasteiger partial charge in [0.1, 0.15) is 5.82 Å². The maximum absolute atomic E-state index is 13.5. The lowest BCUT2D eigenvalue weighted by molar-refractivity contribution is -0.137. The van der Waals surface area contributed by atoms with Crippen LogP contribution in [-0.2, 0) is 11.6 Å². The molecule has 1 heterocycles. The van der Waals surface area contributed by atoms with Gasteiger partial charge in [-0.15, -0.1) is 0 Å². The number of hydrogen-bond donors (Lipinski definition) is 1. The predicted molar refractivity (Wildman–Crippen MR) is 67.5 cm³/mol. The van der Waals surface area contributed by atoms with E-state index in [1.807, 2.05) is 6.07 Å². The van der Waals surface area contributed by atoms with Crippen LogP contribution in [0.1, 0.15) is 24.0 Å². The third-order valence-corrected chi connectivity index (χ3v) is 3.88. The van der Waals surface area contributed by atoms with E-state index in [1.165, 1.54) is 0 Å². The third-order valence-electron chi connectivity index (χ3n) is 3.88. The zero-order chi connectivity index (χ0) is 16.5. The summed E-state index contributed by atoms with van der Waals surface area (Å²) in [6.45, 7) is 0.0293. The Morgan fingerprint density at radius 1 is 1.27 bits per heavy atom. The Kier molecular flexibility index (Phi) is 4.00. The minimum atomic E-state index is -4.71. The molecule has 1 saturated heterocycles. The minimum absolute atomic E-state index is 0.0146. The second-order valence-corrected chi connectivity index (χ2v) is 5.19. The van der Waals surface area contributed by atoms with Gasteiger partial charge in [-0.05, 0) is 36.6 Å². The normalized spacial score (nSPS) is 17.9. The lowest BCUT2D eigenvalue weighted by Crippen LogP contribution is -2.44. The Bertz CT molecular complexity index is 629. The first-order valence-electron chi connectivity index (χ1n) is 6.45. The highest BCUT2D eigenvalue weighted by molar-refractivity contribution is 5.65. The van der Waals surface area contributed by atoms with Crippen LogP contribution in [0.5, 0.6) is 0 Å². The number of alkyl halides is 3. The molecule has 1 fully saturated rings. The number of hydrogen-bond acceptors (Lipinski definition) is 2. The maximum Gasteiger partial charge on any atom is 0.416 e. The first-order valence-corrected chi connectivity index (χ1v) is 6.45. The average molecular weight is 316 g/mol. The molecule has 1 N–H and O–H groups in total. The van der Waals surface area contributed by atoms with Crippen LogP contribution in [0.25, 0.3) is 0 Å². The lowest BCUT2D eigenvalue weighted by Gasteiger charge is -2.36. The number of nitriles is 1. The Labute approximate surface area is 123 Å².